The van der Waals surface area contributed by atoms with Gasteiger partial charge in [-0.15, -0.1) is 0 Å². The van der Waals surface area contributed by atoms with Crippen LogP contribution in [0.5, 0.6) is 0 Å². The molecule has 0 spiro atoms. The van der Waals surface area contributed by atoms with Crippen LogP contribution in [0.15, 0.2) is 11.1 Å². The zero-order chi connectivity index (χ0) is 15.4. The monoisotopic (exact) mass is 356 g/mol. The van der Waals surface area contributed by atoms with E-state index in [-0.39, 0.29) is 11.8 Å². The largest absolute Gasteiger partial charge is 0.353 e. The molecule has 21 heavy (non-hydrogen) atoms. The third kappa shape index (κ3) is 4.56. The van der Waals surface area contributed by atoms with Gasteiger partial charge in [-0.3, -0.25) is 9.69 Å². The summed E-state index contributed by atoms with van der Waals surface area (Å²) < 4.78 is 1.06. The number of halogens is 1. The third-order valence-corrected chi connectivity index (χ3v) is 5.27. The number of hydrogen-bond donors (Lipinski definition) is 1. The van der Waals surface area contributed by atoms with Crippen molar-refractivity contribution in [2.75, 3.05) is 6.54 Å². The van der Waals surface area contributed by atoms with Gasteiger partial charge >= 0.3 is 0 Å². The predicted octanol–water partition coefficient (Wildman–Crippen LogP) is 3.83. The lowest BCUT2D eigenvalue weighted by Gasteiger charge is -2.39. The molecule has 2 rings (SSSR count). The van der Waals surface area contributed by atoms with Crippen LogP contribution in [0.2, 0.25) is 0 Å². The van der Waals surface area contributed by atoms with E-state index in [2.05, 4.69) is 46.6 Å². The summed E-state index contributed by atoms with van der Waals surface area (Å²) in [4.78, 5) is 14.8. The average molecular weight is 357 g/mol. The van der Waals surface area contributed by atoms with E-state index in [1.807, 2.05) is 0 Å². The van der Waals surface area contributed by atoms with Gasteiger partial charge in [-0.25, -0.2) is 0 Å². The van der Waals surface area contributed by atoms with E-state index >= 15 is 0 Å². The number of carbonyl (C=O) groups excluding carboxylic acids is 1. The first-order valence-corrected chi connectivity index (χ1v) is 9.20. The molecule has 2 aliphatic heterocycles. The van der Waals surface area contributed by atoms with Gasteiger partial charge in [0, 0.05) is 35.1 Å². The molecule has 4 heteroatoms. The van der Waals surface area contributed by atoms with Gasteiger partial charge in [0.15, 0.2) is 0 Å². The van der Waals surface area contributed by atoms with Gasteiger partial charge < -0.3 is 5.32 Å². The molecule has 2 saturated heterocycles. The van der Waals surface area contributed by atoms with E-state index in [4.69, 9.17) is 0 Å². The first kappa shape index (κ1) is 17.0. The summed E-state index contributed by atoms with van der Waals surface area (Å²) in [5, 5.41) is 3.30. The summed E-state index contributed by atoms with van der Waals surface area (Å²) >= 11 is 3.49. The van der Waals surface area contributed by atoms with E-state index in [1.54, 1.807) is 0 Å². The Labute approximate surface area is 137 Å². The van der Waals surface area contributed by atoms with E-state index in [0.29, 0.717) is 18.1 Å². The van der Waals surface area contributed by atoms with Gasteiger partial charge in [-0.2, -0.15) is 0 Å². The number of hydrogen-bond acceptors (Lipinski definition) is 2. The van der Waals surface area contributed by atoms with E-state index < -0.39 is 0 Å². The summed E-state index contributed by atoms with van der Waals surface area (Å²) in [5.74, 6) is 0.411. The van der Waals surface area contributed by atoms with Crippen LogP contribution >= 0.6 is 15.9 Å². The molecule has 3 nitrogen and oxygen atoms in total. The minimum Gasteiger partial charge on any atom is -0.353 e. The molecule has 0 radical (unpaired) electrons. The molecule has 3 unspecified atom stereocenters. The Kier molecular flexibility index (Phi) is 6.30. The molecule has 0 aliphatic carbocycles. The zero-order valence-corrected chi connectivity index (χ0v) is 15.0. The lowest BCUT2D eigenvalue weighted by atomic mass is 9.95. The molecule has 0 aromatic rings. The fourth-order valence-corrected chi connectivity index (χ4v) is 4.12. The molecule has 0 saturated carbocycles. The van der Waals surface area contributed by atoms with E-state index in [1.165, 1.54) is 12.8 Å². The van der Waals surface area contributed by atoms with Crippen LogP contribution in [-0.4, -0.2) is 35.5 Å². The highest BCUT2D eigenvalue weighted by molar-refractivity contribution is 9.11. The second-order valence-corrected chi connectivity index (χ2v) is 7.92. The van der Waals surface area contributed by atoms with E-state index in [0.717, 1.165) is 43.1 Å². The number of fused-ring (bicyclic) bond motifs is 2. The minimum atomic E-state index is 0.156. The van der Waals surface area contributed by atoms with Crippen molar-refractivity contribution in [1.82, 2.24) is 10.2 Å². The lowest BCUT2D eigenvalue weighted by molar-refractivity contribution is -0.125. The number of rotatable bonds is 7. The molecule has 2 bridgehead atoms. The Morgan fingerprint density at radius 3 is 2.52 bits per heavy atom. The van der Waals surface area contributed by atoms with Crippen LogP contribution in [0.3, 0.4) is 0 Å². The standard InChI is InChI=1S/C17H29BrN2O/c1-4-5-6-12(2)17(21)19-14-9-15-7-8-16(10-14)20(15)11-13(3)18/h12,14-16H,3-11H2,1-2H3,(H,19,21). The van der Waals surface area contributed by atoms with Crippen molar-refractivity contribution < 1.29 is 4.79 Å². The predicted molar refractivity (Wildman–Crippen MR) is 91.4 cm³/mol. The average Bonchev–Trinajstić information content (AvgIpc) is 2.67. The molecule has 120 valence electrons. The summed E-state index contributed by atoms with van der Waals surface area (Å²) in [6.45, 7) is 9.15. The minimum absolute atomic E-state index is 0.156. The van der Waals surface area contributed by atoms with Gasteiger partial charge in [0.1, 0.15) is 0 Å². The van der Waals surface area contributed by atoms with Crippen LogP contribution < -0.4 is 5.32 Å². The summed E-state index contributed by atoms with van der Waals surface area (Å²) in [6.07, 6.45) is 8.05. The normalized spacial score (nSPS) is 30.1. The smallest absolute Gasteiger partial charge is 0.223 e. The zero-order valence-electron chi connectivity index (χ0n) is 13.4. The summed E-state index contributed by atoms with van der Waals surface area (Å²) in [6, 6.07) is 1.61. The van der Waals surface area contributed by atoms with Crippen LogP contribution in [0, 0.1) is 5.92 Å². The molecule has 2 aliphatic rings. The van der Waals surface area contributed by atoms with Crippen molar-refractivity contribution in [2.45, 2.75) is 76.9 Å². The molecular formula is C17H29BrN2O. The topological polar surface area (TPSA) is 32.3 Å². The Morgan fingerprint density at radius 2 is 2.00 bits per heavy atom. The van der Waals surface area contributed by atoms with Crippen molar-refractivity contribution in [3.8, 4) is 0 Å². The summed E-state index contributed by atoms with van der Waals surface area (Å²) in [7, 11) is 0. The molecule has 0 aromatic heterocycles. The molecule has 3 atom stereocenters. The Bertz CT molecular complexity index is 371. The van der Waals surface area contributed by atoms with E-state index in [9.17, 15) is 4.79 Å². The first-order valence-electron chi connectivity index (χ1n) is 8.40. The molecule has 2 fully saturated rings. The molecule has 1 N–H and O–H groups in total. The highest BCUT2D eigenvalue weighted by Crippen LogP contribution is 2.36. The first-order chi connectivity index (χ1) is 10.0. The second-order valence-electron chi connectivity index (χ2n) is 6.79. The Morgan fingerprint density at radius 1 is 1.38 bits per heavy atom. The number of unbranched alkanes of at least 4 members (excludes halogenated alkanes) is 1. The van der Waals surface area contributed by atoms with Crippen molar-refractivity contribution >= 4 is 21.8 Å². The van der Waals surface area contributed by atoms with Crippen LogP contribution in [0.4, 0.5) is 0 Å². The number of amides is 1. The maximum Gasteiger partial charge on any atom is 0.223 e. The maximum atomic E-state index is 12.3. The van der Waals surface area contributed by atoms with Crippen molar-refractivity contribution in [2.24, 2.45) is 5.92 Å². The number of piperidine rings is 1. The van der Waals surface area contributed by atoms with Gasteiger partial charge in [0.25, 0.3) is 0 Å². The van der Waals surface area contributed by atoms with Gasteiger partial charge in [-0.1, -0.05) is 49.2 Å². The third-order valence-electron chi connectivity index (χ3n) is 5.02. The molecular weight excluding hydrogens is 328 g/mol. The molecule has 2 heterocycles. The van der Waals surface area contributed by atoms with Crippen molar-refractivity contribution in [3.63, 3.8) is 0 Å². The number of nitrogens with zero attached hydrogens (tertiary/aromatic N) is 1. The van der Waals surface area contributed by atoms with Gasteiger partial charge in [0.05, 0.1) is 0 Å². The number of carbonyl (C=O) groups is 1. The van der Waals surface area contributed by atoms with Crippen molar-refractivity contribution in [1.29, 1.82) is 0 Å². The van der Waals surface area contributed by atoms with Gasteiger partial charge in [0.2, 0.25) is 5.91 Å². The highest BCUT2D eigenvalue weighted by Gasteiger charge is 2.41. The van der Waals surface area contributed by atoms with Crippen LogP contribution in [-0.2, 0) is 4.79 Å². The quantitative estimate of drug-likeness (QED) is 0.751. The fraction of sp³-hybridized carbons (Fsp3) is 0.824. The summed E-state index contributed by atoms with van der Waals surface area (Å²) in [5.41, 5.74) is 0. The molecule has 0 aromatic carbocycles. The lowest BCUT2D eigenvalue weighted by Crippen LogP contribution is -2.51. The fourth-order valence-electron chi connectivity index (χ4n) is 3.83. The van der Waals surface area contributed by atoms with Crippen LogP contribution in [0.1, 0.15) is 58.8 Å². The SMILES string of the molecule is C=C(Br)CN1C2CCC1CC(NC(=O)C(C)CCCC)C2. The van der Waals surface area contributed by atoms with Crippen LogP contribution in [0.25, 0.3) is 0 Å². The molecule has 1 amide bonds. The highest BCUT2D eigenvalue weighted by atomic mass is 79.9. The Hall–Kier alpha value is -0.350. The maximum absolute atomic E-state index is 12.3. The van der Waals surface area contributed by atoms with Crippen molar-refractivity contribution in [3.05, 3.63) is 11.1 Å². The van der Waals surface area contributed by atoms with Gasteiger partial charge in [-0.05, 0) is 32.1 Å². The Balaban J connectivity index is 1.83. The number of nitrogens with one attached hydrogen (secondary N) is 1. The second kappa shape index (κ2) is 7.77.